The van der Waals surface area contributed by atoms with E-state index < -0.39 is 37.1 Å². The van der Waals surface area contributed by atoms with Crippen molar-refractivity contribution in [1.82, 2.24) is 0 Å². The number of carbonyl (C=O) groups excluding carboxylic acids is 1. The Balaban J connectivity index is 0.00000113. The molecule has 0 saturated carbocycles. The molecule has 0 saturated heterocycles. The zero-order chi connectivity index (χ0) is 23.2. The summed E-state index contributed by atoms with van der Waals surface area (Å²) in [5.74, 6) is 0.374. The van der Waals surface area contributed by atoms with Crippen LogP contribution in [0.15, 0.2) is 16.6 Å². The van der Waals surface area contributed by atoms with Gasteiger partial charge in [-0.2, -0.15) is 26.3 Å². The quantitative estimate of drug-likeness (QED) is 0.555. The molecule has 0 heterocycles. The van der Waals surface area contributed by atoms with Crippen molar-refractivity contribution in [3.05, 3.63) is 22.2 Å². The van der Waals surface area contributed by atoms with Crippen LogP contribution in [0.5, 0.6) is 5.75 Å². The molecule has 0 bridgehead atoms. The van der Waals surface area contributed by atoms with E-state index in [0.29, 0.717) is 20.7 Å². The second-order valence-corrected chi connectivity index (χ2v) is 7.58. The number of benzene rings is 1. The highest BCUT2D eigenvalue weighted by molar-refractivity contribution is 9.10. The van der Waals surface area contributed by atoms with E-state index in [1.54, 1.807) is 33.8 Å². The maximum atomic E-state index is 12.9. The van der Waals surface area contributed by atoms with Gasteiger partial charge in [-0.15, -0.1) is 0 Å². The van der Waals surface area contributed by atoms with Crippen LogP contribution in [0.3, 0.4) is 0 Å². The third-order valence-corrected chi connectivity index (χ3v) is 3.64. The van der Waals surface area contributed by atoms with Crippen molar-refractivity contribution in [1.29, 1.82) is 0 Å². The molecule has 0 aliphatic rings. The number of methoxy groups -OCH3 is 1. The zero-order valence-electron chi connectivity index (χ0n) is 16.5. The van der Waals surface area contributed by atoms with Gasteiger partial charge in [-0.3, -0.25) is 4.90 Å². The summed E-state index contributed by atoms with van der Waals surface area (Å²) in [6.07, 6.45) is -9.84. The number of alkyl halides is 6. The summed E-state index contributed by atoms with van der Waals surface area (Å²) in [6, 6.07) is 3.12. The summed E-state index contributed by atoms with van der Waals surface area (Å²) >= 11 is 3.19. The van der Waals surface area contributed by atoms with E-state index >= 15 is 0 Å². The van der Waals surface area contributed by atoms with Gasteiger partial charge in [0, 0.05) is 10.0 Å². The molecule has 1 amide bonds. The maximum Gasteiger partial charge on any atom is 0.415 e. The van der Waals surface area contributed by atoms with Crippen LogP contribution < -0.4 is 15.4 Å². The lowest BCUT2D eigenvalue weighted by molar-refractivity contribution is -0.120. The fraction of sp³-hybridized carbons (Fsp3) is 0.588. The van der Waals surface area contributed by atoms with Gasteiger partial charge in [0.05, 0.1) is 19.3 Å². The normalized spacial score (nSPS) is 12.0. The third-order valence-electron chi connectivity index (χ3n) is 3.00. The van der Waals surface area contributed by atoms with Gasteiger partial charge in [0.15, 0.2) is 0 Å². The Morgan fingerprint density at radius 2 is 1.59 bits per heavy atom. The summed E-state index contributed by atoms with van der Waals surface area (Å²) in [6.45, 7) is 3.65. The van der Waals surface area contributed by atoms with Gasteiger partial charge >= 0.3 is 18.4 Å². The first-order chi connectivity index (χ1) is 12.9. The number of halogens is 7. The number of hydrogen-bond acceptors (Lipinski definition) is 4. The molecule has 29 heavy (non-hydrogen) atoms. The van der Waals surface area contributed by atoms with Crippen molar-refractivity contribution in [2.24, 2.45) is 5.73 Å². The Kier molecular flexibility index (Phi) is 9.77. The standard InChI is InChI=1S/C15H19BrF3NO3.C2H4F3N/c1-9-11(22-5)7-6-10(16)12(9)20(8-15(17,18)19)13(21)23-14(2,3)4;3-2(4,5)1-6/h6-7H,8H2,1-5H3;1,6H2. The molecule has 2 N–H and O–H groups in total. The molecule has 0 radical (unpaired) electrons. The molecule has 12 heteroatoms. The average Bonchev–Trinajstić information content (AvgIpc) is 2.51. The number of rotatable bonds is 3. The Labute approximate surface area is 173 Å². The van der Waals surface area contributed by atoms with Crippen molar-refractivity contribution in [2.75, 3.05) is 25.1 Å². The summed E-state index contributed by atoms with van der Waals surface area (Å²) in [4.78, 5) is 12.8. The molecule has 0 atom stereocenters. The third kappa shape index (κ3) is 10.6. The van der Waals surface area contributed by atoms with Crippen LogP contribution in [0.1, 0.15) is 26.3 Å². The van der Waals surface area contributed by atoms with Gasteiger partial charge in [-0.05, 0) is 55.8 Å². The van der Waals surface area contributed by atoms with Crippen molar-refractivity contribution < 1.29 is 40.6 Å². The second-order valence-electron chi connectivity index (χ2n) is 6.72. The zero-order valence-corrected chi connectivity index (χ0v) is 18.0. The summed E-state index contributed by atoms with van der Waals surface area (Å²) in [5, 5.41) is 0. The molecule has 0 unspecified atom stereocenters. The van der Waals surface area contributed by atoms with Crippen molar-refractivity contribution >= 4 is 27.7 Å². The van der Waals surface area contributed by atoms with E-state index in [9.17, 15) is 31.1 Å². The van der Waals surface area contributed by atoms with Gasteiger partial charge in [0.25, 0.3) is 0 Å². The molecule has 1 rings (SSSR count). The fourth-order valence-corrected chi connectivity index (χ4v) is 2.58. The van der Waals surface area contributed by atoms with E-state index in [-0.39, 0.29) is 5.69 Å². The Morgan fingerprint density at radius 3 is 1.93 bits per heavy atom. The predicted octanol–water partition coefficient (Wildman–Crippen LogP) is 5.58. The van der Waals surface area contributed by atoms with Crippen LogP contribution in [-0.4, -0.2) is 44.2 Å². The van der Waals surface area contributed by atoms with Crippen molar-refractivity contribution in [3.63, 3.8) is 0 Å². The molecule has 0 spiro atoms. The predicted molar refractivity (Wildman–Crippen MR) is 100 cm³/mol. The first-order valence-corrected chi connectivity index (χ1v) is 8.88. The van der Waals surface area contributed by atoms with Gasteiger partial charge in [-0.25, -0.2) is 4.79 Å². The molecule has 0 aromatic heterocycles. The smallest absolute Gasteiger partial charge is 0.415 e. The molecule has 0 aliphatic heterocycles. The number of anilines is 1. The second kappa shape index (κ2) is 10.4. The van der Waals surface area contributed by atoms with Gasteiger partial charge in [0.2, 0.25) is 0 Å². The summed E-state index contributed by atoms with van der Waals surface area (Å²) < 4.78 is 81.4. The largest absolute Gasteiger partial charge is 0.496 e. The molecular weight excluding hydrogens is 474 g/mol. The molecule has 1 aromatic rings. The summed E-state index contributed by atoms with van der Waals surface area (Å²) in [5.41, 5.74) is 3.73. The van der Waals surface area contributed by atoms with Crippen LogP contribution in [0, 0.1) is 6.92 Å². The Morgan fingerprint density at radius 1 is 1.10 bits per heavy atom. The van der Waals surface area contributed by atoms with Gasteiger partial charge < -0.3 is 15.2 Å². The van der Waals surface area contributed by atoms with E-state index in [4.69, 9.17) is 9.47 Å². The Bertz CT molecular complexity index is 687. The van der Waals surface area contributed by atoms with Crippen LogP contribution in [0.25, 0.3) is 0 Å². The molecule has 0 fully saturated rings. The SMILES string of the molecule is COc1ccc(Br)c(N(CC(F)(F)F)C(=O)OC(C)(C)C)c1C.NCC(F)(F)F. The highest BCUT2D eigenvalue weighted by Gasteiger charge is 2.37. The number of nitrogens with two attached hydrogens (primary N) is 1. The lowest BCUT2D eigenvalue weighted by Gasteiger charge is -2.30. The summed E-state index contributed by atoms with van der Waals surface area (Å²) in [7, 11) is 1.40. The van der Waals surface area contributed by atoms with Crippen molar-refractivity contribution in [2.45, 2.75) is 45.6 Å². The van der Waals surface area contributed by atoms with E-state index in [1.807, 2.05) is 0 Å². The highest BCUT2D eigenvalue weighted by atomic mass is 79.9. The van der Waals surface area contributed by atoms with Crippen LogP contribution in [-0.2, 0) is 4.74 Å². The fourth-order valence-electron chi connectivity index (χ4n) is 1.93. The molecule has 0 aliphatic carbocycles. The van der Waals surface area contributed by atoms with Crippen molar-refractivity contribution in [3.8, 4) is 5.75 Å². The maximum absolute atomic E-state index is 12.9. The highest BCUT2D eigenvalue weighted by Crippen LogP contribution is 2.37. The molecule has 168 valence electrons. The number of hydrogen-bond donors (Lipinski definition) is 1. The monoisotopic (exact) mass is 496 g/mol. The molecular formula is C17H23BrF6N2O3. The average molecular weight is 497 g/mol. The van der Waals surface area contributed by atoms with E-state index in [2.05, 4.69) is 21.7 Å². The first kappa shape index (κ1) is 27.3. The lowest BCUT2D eigenvalue weighted by Crippen LogP contribution is -2.42. The van der Waals surface area contributed by atoms with Crippen LogP contribution in [0.4, 0.5) is 36.8 Å². The topological polar surface area (TPSA) is 64.8 Å². The van der Waals surface area contributed by atoms with E-state index in [0.717, 1.165) is 0 Å². The molecule has 5 nitrogen and oxygen atoms in total. The minimum absolute atomic E-state index is 0.0657. The number of amides is 1. The van der Waals surface area contributed by atoms with Gasteiger partial charge in [-0.1, -0.05) is 0 Å². The Hall–Kier alpha value is -1.69. The number of carbonyl (C=O) groups is 1. The first-order valence-electron chi connectivity index (χ1n) is 8.09. The van der Waals surface area contributed by atoms with Crippen LogP contribution >= 0.6 is 15.9 Å². The van der Waals surface area contributed by atoms with Crippen LogP contribution in [0.2, 0.25) is 0 Å². The number of nitrogens with zero attached hydrogens (tertiary/aromatic N) is 1. The minimum atomic E-state index is -4.58. The van der Waals surface area contributed by atoms with E-state index in [1.165, 1.54) is 13.2 Å². The minimum Gasteiger partial charge on any atom is -0.496 e. The van der Waals surface area contributed by atoms with Gasteiger partial charge in [0.1, 0.15) is 17.9 Å². The lowest BCUT2D eigenvalue weighted by atomic mass is 10.1. The molecule has 1 aromatic carbocycles. The number of ether oxygens (including phenoxy) is 2.